The smallest absolute Gasteiger partial charge is 0.263 e. The maximum Gasteiger partial charge on any atom is 0.263 e. The molecule has 2 aromatic carbocycles. The summed E-state index contributed by atoms with van der Waals surface area (Å²) in [6.07, 6.45) is 0.448. The van der Waals surface area contributed by atoms with Gasteiger partial charge in [-0.25, -0.2) is 4.98 Å². The fraction of sp³-hybridized carbons (Fsp3) is 0.462. The van der Waals surface area contributed by atoms with Crippen molar-refractivity contribution in [1.29, 1.82) is 0 Å². The van der Waals surface area contributed by atoms with Crippen LogP contribution in [0.1, 0.15) is 44.8 Å². The number of carbonyl (C=O) groups is 1. The third-order valence-electron chi connectivity index (χ3n) is 5.88. The SMILES string of the molecule is CC(Oc1cccc2ccccc12)C(=O)N1CCCN(Cc2csc(C(C)(C)C)n2)CC1. The van der Waals surface area contributed by atoms with Crippen LogP contribution in [0.25, 0.3) is 10.8 Å². The quantitative estimate of drug-likeness (QED) is 0.542. The zero-order valence-electron chi connectivity index (χ0n) is 19.5. The first kappa shape index (κ1) is 22.7. The highest BCUT2D eigenvalue weighted by Gasteiger charge is 2.26. The Morgan fingerprint density at radius 3 is 2.66 bits per heavy atom. The fourth-order valence-electron chi connectivity index (χ4n) is 4.10. The molecular formula is C26H33N3O2S. The van der Waals surface area contributed by atoms with E-state index in [0.29, 0.717) is 0 Å². The summed E-state index contributed by atoms with van der Waals surface area (Å²) >= 11 is 1.74. The summed E-state index contributed by atoms with van der Waals surface area (Å²) in [5.41, 5.74) is 1.22. The van der Waals surface area contributed by atoms with Crippen LogP contribution in [0.2, 0.25) is 0 Å². The summed E-state index contributed by atoms with van der Waals surface area (Å²) in [7, 11) is 0. The summed E-state index contributed by atoms with van der Waals surface area (Å²) in [6.45, 7) is 12.6. The van der Waals surface area contributed by atoms with Gasteiger partial charge in [0.1, 0.15) is 5.75 Å². The van der Waals surface area contributed by atoms with Crippen molar-refractivity contribution in [2.75, 3.05) is 26.2 Å². The van der Waals surface area contributed by atoms with E-state index < -0.39 is 6.10 Å². The van der Waals surface area contributed by atoms with Crippen LogP contribution in [0.5, 0.6) is 5.75 Å². The Labute approximate surface area is 195 Å². The number of ether oxygens (including phenoxy) is 1. The molecule has 1 atom stereocenters. The van der Waals surface area contributed by atoms with Crippen LogP contribution in [0.3, 0.4) is 0 Å². The molecule has 0 N–H and O–H groups in total. The van der Waals surface area contributed by atoms with E-state index in [9.17, 15) is 4.79 Å². The maximum atomic E-state index is 13.1. The second-order valence-corrected chi connectivity index (χ2v) is 10.4. The largest absolute Gasteiger partial charge is 0.480 e. The first-order chi connectivity index (χ1) is 15.3. The molecule has 1 unspecified atom stereocenters. The van der Waals surface area contributed by atoms with Crippen molar-refractivity contribution in [3.63, 3.8) is 0 Å². The van der Waals surface area contributed by atoms with Gasteiger partial charge in [0.15, 0.2) is 6.10 Å². The second kappa shape index (κ2) is 9.59. The Kier molecular flexibility index (Phi) is 6.82. The monoisotopic (exact) mass is 451 g/mol. The van der Waals surface area contributed by atoms with E-state index >= 15 is 0 Å². The van der Waals surface area contributed by atoms with Gasteiger partial charge in [-0.2, -0.15) is 0 Å². The van der Waals surface area contributed by atoms with E-state index in [1.165, 1.54) is 5.01 Å². The zero-order chi connectivity index (χ0) is 22.7. The van der Waals surface area contributed by atoms with Gasteiger partial charge in [0.2, 0.25) is 0 Å². The van der Waals surface area contributed by atoms with Crippen LogP contribution in [0.15, 0.2) is 47.8 Å². The van der Waals surface area contributed by atoms with Crippen molar-refractivity contribution in [3.8, 4) is 5.75 Å². The molecule has 1 aliphatic rings. The lowest BCUT2D eigenvalue weighted by Crippen LogP contribution is -2.42. The van der Waals surface area contributed by atoms with Gasteiger partial charge in [-0.1, -0.05) is 57.2 Å². The minimum atomic E-state index is -0.514. The molecule has 1 aromatic heterocycles. The minimum absolute atomic E-state index is 0.0588. The second-order valence-electron chi connectivity index (χ2n) is 9.59. The first-order valence-electron chi connectivity index (χ1n) is 11.4. The summed E-state index contributed by atoms with van der Waals surface area (Å²) < 4.78 is 6.13. The van der Waals surface area contributed by atoms with Crippen molar-refractivity contribution in [2.24, 2.45) is 0 Å². The Bertz CT molecular complexity index is 1070. The molecule has 5 nitrogen and oxygen atoms in total. The molecule has 0 bridgehead atoms. The van der Waals surface area contributed by atoms with Gasteiger partial charge >= 0.3 is 0 Å². The summed E-state index contributed by atoms with van der Waals surface area (Å²) in [5, 5.41) is 5.51. The highest BCUT2D eigenvalue weighted by Crippen LogP contribution is 2.27. The molecule has 2 heterocycles. The number of benzene rings is 2. The summed E-state index contributed by atoms with van der Waals surface area (Å²) in [4.78, 5) is 22.3. The molecule has 1 saturated heterocycles. The number of aromatic nitrogens is 1. The van der Waals surface area contributed by atoms with Crippen molar-refractivity contribution < 1.29 is 9.53 Å². The molecule has 0 spiro atoms. The van der Waals surface area contributed by atoms with Gasteiger partial charge in [-0.15, -0.1) is 11.3 Å². The van der Waals surface area contributed by atoms with Gasteiger partial charge in [-0.3, -0.25) is 9.69 Å². The van der Waals surface area contributed by atoms with E-state index in [1.807, 2.05) is 42.2 Å². The molecule has 1 amide bonds. The number of nitrogens with zero attached hydrogens (tertiary/aromatic N) is 3. The van der Waals surface area contributed by atoms with Gasteiger partial charge in [-0.05, 0) is 24.8 Å². The van der Waals surface area contributed by atoms with Crippen LogP contribution in [0, 0.1) is 0 Å². The van der Waals surface area contributed by atoms with E-state index in [0.717, 1.165) is 61.4 Å². The number of rotatable bonds is 5. The lowest BCUT2D eigenvalue weighted by molar-refractivity contribution is -0.137. The minimum Gasteiger partial charge on any atom is -0.480 e. The number of amides is 1. The highest BCUT2D eigenvalue weighted by atomic mass is 32.1. The molecule has 0 aliphatic carbocycles. The van der Waals surface area contributed by atoms with Crippen molar-refractivity contribution >= 4 is 28.0 Å². The highest BCUT2D eigenvalue weighted by molar-refractivity contribution is 7.09. The average molecular weight is 452 g/mol. The summed E-state index contributed by atoms with van der Waals surface area (Å²) in [5.74, 6) is 0.821. The number of hydrogen-bond acceptors (Lipinski definition) is 5. The number of carbonyl (C=O) groups excluding carboxylic acids is 1. The van der Waals surface area contributed by atoms with E-state index in [-0.39, 0.29) is 11.3 Å². The molecule has 1 fully saturated rings. The predicted octanol–water partition coefficient (Wildman–Crippen LogP) is 5.10. The number of thiazole rings is 1. The Hall–Kier alpha value is -2.44. The zero-order valence-corrected chi connectivity index (χ0v) is 20.3. The number of fused-ring (bicyclic) bond motifs is 1. The Balaban J connectivity index is 1.35. The summed E-state index contributed by atoms with van der Waals surface area (Å²) in [6, 6.07) is 14.1. The topological polar surface area (TPSA) is 45.7 Å². The van der Waals surface area contributed by atoms with Crippen LogP contribution in [-0.4, -0.2) is 53.0 Å². The lowest BCUT2D eigenvalue weighted by Gasteiger charge is -2.25. The molecule has 0 saturated carbocycles. The molecule has 4 rings (SSSR count). The normalized spacial score (nSPS) is 16.7. The number of hydrogen-bond donors (Lipinski definition) is 0. The van der Waals surface area contributed by atoms with Crippen LogP contribution >= 0.6 is 11.3 Å². The lowest BCUT2D eigenvalue weighted by atomic mass is 9.98. The van der Waals surface area contributed by atoms with Crippen molar-refractivity contribution in [2.45, 2.75) is 52.2 Å². The predicted molar refractivity (Wildman–Crippen MR) is 131 cm³/mol. The van der Waals surface area contributed by atoms with Crippen molar-refractivity contribution in [3.05, 3.63) is 58.5 Å². The standard InChI is InChI=1S/C26H33N3O2S/c1-19(31-23-12-7-10-20-9-5-6-11-22(20)23)24(30)29-14-8-13-28(15-16-29)17-21-18-32-25(27-21)26(2,3)4/h5-7,9-12,18-19H,8,13-17H2,1-4H3. The Morgan fingerprint density at radius 2 is 1.88 bits per heavy atom. The third kappa shape index (κ3) is 5.30. The molecule has 3 aromatic rings. The van der Waals surface area contributed by atoms with Gasteiger partial charge in [0, 0.05) is 48.9 Å². The molecular weight excluding hydrogens is 418 g/mol. The van der Waals surface area contributed by atoms with E-state index in [1.54, 1.807) is 11.3 Å². The van der Waals surface area contributed by atoms with Gasteiger partial charge < -0.3 is 9.64 Å². The van der Waals surface area contributed by atoms with Gasteiger partial charge in [0.25, 0.3) is 5.91 Å². The molecule has 1 aliphatic heterocycles. The fourth-order valence-corrected chi connectivity index (χ4v) is 5.00. The van der Waals surface area contributed by atoms with E-state index in [2.05, 4.69) is 43.2 Å². The van der Waals surface area contributed by atoms with Crippen molar-refractivity contribution in [1.82, 2.24) is 14.8 Å². The average Bonchev–Trinajstić information content (AvgIpc) is 3.13. The molecule has 170 valence electrons. The molecule has 6 heteroatoms. The third-order valence-corrected chi connectivity index (χ3v) is 7.20. The van der Waals surface area contributed by atoms with Crippen LogP contribution < -0.4 is 4.74 Å². The Morgan fingerprint density at radius 1 is 1.09 bits per heavy atom. The van der Waals surface area contributed by atoms with Gasteiger partial charge in [0.05, 0.1) is 10.7 Å². The van der Waals surface area contributed by atoms with Crippen LogP contribution in [0.4, 0.5) is 0 Å². The molecule has 32 heavy (non-hydrogen) atoms. The van der Waals surface area contributed by atoms with E-state index in [4.69, 9.17) is 9.72 Å². The first-order valence-corrected chi connectivity index (χ1v) is 12.3. The maximum absolute atomic E-state index is 13.1. The molecule has 0 radical (unpaired) electrons. The van der Waals surface area contributed by atoms with Crippen LogP contribution in [-0.2, 0) is 16.8 Å².